The number of carbonyl (C=O) groups excluding carboxylic acids is 2. The number of nitrogens with two attached hydrogens (primary N) is 1. The fourth-order valence-corrected chi connectivity index (χ4v) is 3.49. The van der Waals surface area contributed by atoms with E-state index >= 15 is 0 Å². The van der Waals surface area contributed by atoms with Crippen molar-refractivity contribution < 1.29 is 28.6 Å². The van der Waals surface area contributed by atoms with Gasteiger partial charge in [-0.05, 0) is 36.8 Å². The average Bonchev–Trinajstić information content (AvgIpc) is 3.04. The van der Waals surface area contributed by atoms with E-state index in [1.54, 1.807) is 24.3 Å². The molecular weight excluding hydrogens is 393 g/mol. The van der Waals surface area contributed by atoms with Crippen molar-refractivity contribution in [2.45, 2.75) is 32.0 Å². The molecule has 0 spiro atoms. The van der Waals surface area contributed by atoms with E-state index in [-0.39, 0.29) is 25.9 Å². The summed E-state index contributed by atoms with van der Waals surface area (Å²) in [6.07, 6.45) is -0.351. The first kappa shape index (κ1) is 21.1. The van der Waals surface area contributed by atoms with Gasteiger partial charge >= 0.3 is 5.97 Å². The molecule has 158 valence electrons. The minimum absolute atomic E-state index is 0.0673. The first-order valence-corrected chi connectivity index (χ1v) is 9.32. The number of methoxy groups -OCH3 is 1. The topological polar surface area (TPSA) is 122 Å². The standard InChI is InChI=1S/C21H22FN3O5/c1-30-13-5-6-16(22)12(9-13)10-24-17-4-2-3-14-15(17)11-25(21(14)29)18(20(23)28)7-8-19(26)27/h2-6,9,18,24H,7-8,10-11H2,1H3,(H2,23,28)(H,26,27)/t18-/m1/s1. The molecule has 0 fully saturated rings. The minimum atomic E-state index is -1.08. The number of ether oxygens (including phenoxy) is 1. The van der Waals surface area contributed by atoms with Crippen molar-refractivity contribution >= 4 is 23.5 Å². The molecule has 9 heteroatoms. The summed E-state index contributed by atoms with van der Waals surface area (Å²) in [4.78, 5) is 36.8. The van der Waals surface area contributed by atoms with Gasteiger partial charge in [0.15, 0.2) is 0 Å². The lowest BCUT2D eigenvalue weighted by Gasteiger charge is -2.24. The normalized spacial score (nSPS) is 13.7. The van der Waals surface area contributed by atoms with Crippen molar-refractivity contribution in [2.75, 3.05) is 12.4 Å². The minimum Gasteiger partial charge on any atom is -0.497 e. The second-order valence-electron chi connectivity index (χ2n) is 6.93. The number of benzene rings is 2. The number of carboxylic acid groups (broad SMARTS) is 1. The van der Waals surface area contributed by atoms with Gasteiger partial charge < -0.3 is 25.8 Å². The number of carbonyl (C=O) groups is 3. The van der Waals surface area contributed by atoms with E-state index in [1.807, 2.05) is 0 Å². The molecule has 2 aromatic rings. The van der Waals surface area contributed by atoms with E-state index in [0.29, 0.717) is 28.1 Å². The van der Waals surface area contributed by atoms with Gasteiger partial charge in [0.2, 0.25) is 5.91 Å². The zero-order chi connectivity index (χ0) is 21.8. The summed E-state index contributed by atoms with van der Waals surface area (Å²) < 4.78 is 19.2. The lowest BCUT2D eigenvalue weighted by molar-refractivity contribution is -0.137. The molecule has 1 atom stereocenters. The number of primary amides is 1. The highest BCUT2D eigenvalue weighted by molar-refractivity contribution is 6.02. The molecular formula is C21H22FN3O5. The first-order valence-electron chi connectivity index (χ1n) is 9.32. The SMILES string of the molecule is COc1ccc(F)c(CNc2cccc3c2CN([C@H](CCC(=O)O)C(N)=O)C3=O)c1. The Morgan fingerprint density at radius 1 is 1.33 bits per heavy atom. The summed E-state index contributed by atoms with van der Waals surface area (Å²) in [5.74, 6) is -2.10. The van der Waals surface area contributed by atoms with Gasteiger partial charge in [-0.1, -0.05) is 6.07 Å². The highest BCUT2D eigenvalue weighted by Crippen LogP contribution is 2.32. The maximum absolute atomic E-state index is 14.1. The van der Waals surface area contributed by atoms with Gasteiger partial charge in [0.05, 0.1) is 7.11 Å². The Bertz CT molecular complexity index is 995. The van der Waals surface area contributed by atoms with E-state index in [2.05, 4.69) is 5.32 Å². The average molecular weight is 415 g/mol. The maximum Gasteiger partial charge on any atom is 0.303 e. The summed E-state index contributed by atoms with van der Waals surface area (Å²) in [7, 11) is 1.49. The van der Waals surface area contributed by atoms with Crippen LogP contribution in [0.25, 0.3) is 0 Å². The zero-order valence-corrected chi connectivity index (χ0v) is 16.4. The van der Waals surface area contributed by atoms with Crippen LogP contribution < -0.4 is 15.8 Å². The molecule has 0 bridgehead atoms. The lowest BCUT2D eigenvalue weighted by atomic mass is 10.1. The number of hydrogen-bond donors (Lipinski definition) is 3. The van der Waals surface area contributed by atoms with Crippen LogP contribution in [0.3, 0.4) is 0 Å². The van der Waals surface area contributed by atoms with E-state index < -0.39 is 29.6 Å². The van der Waals surface area contributed by atoms with Crippen LogP contribution >= 0.6 is 0 Å². The first-order chi connectivity index (χ1) is 14.3. The van der Waals surface area contributed by atoms with Crippen molar-refractivity contribution in [1.82, 2.24) is 4.90 Å². The molecule has 0 saturated heterocycles. The van der Waals surface area contributed by atoms with Crippen LogP contribution in [0, 0.1) is 5.82 Å². The highest BCUT2D eigenvalue weighted by Gasteiger charge is 2.36. The molecule has 3 rings (SSSR count). The van der Waals surface area contributed by atoms with Gasteiger partial charge in [0, 0.05) is 41.9 Å². The smallest absolute Gasteiger partial charge is 0.303 e. The second kappa shape index (κ2) is 8.81. The number of nitrogens with zero attached hydrogens (tertiary/aromatic N) is 1. The molecule has 8 nitrogen and oxygen atoms in total. The van der Waals surface area contributed by atoms with Crippen molar-refractivity contribution in [3.05, 3.63) is 58.9 Å². The van der Waals surface area contributed by atoms with E-state index in [9.17, 15) is 18.8 Å². The Hall–Kier alpha value is -3.62. The molecule has 1 aliphatic heterocycles. The van der Waals surface area contributed by atoms with Crippen LogP contribution in [0.1, 0.15) is 34.3 Å². The monoisotopic (exact) mass is 415 g/mol. The van der Waals surface area contributed by atoms with Gasteiger partial charge in [-0.25, -0.2) is 4.39 Å². The number of nitrogens with one attached hydrogen (secondary N) is 1. The van der Waals surface area contributed by atoms with Crippen LogP contribution in [-0.4, -0.2) is 40.9 Å². The number of aliphatic carboxylic acids is 1. The Balaban J connectivity index is 1.81. The molecule has 0 saturated carbocycles. The molecule has 30 heavy (non-hydrogen) atoms. The third kappa shape index (κ3) is 4.35. The van der Waals surface area contributed by atoms with Gasteiger partial charge in [-0.15, -0.1) is 0 Å². The molecule has 1 heterocycles. The Kier molecular flexibility index (Phi) is 6.20. The fraction of sp³-hybridized carbons (Fsp3) is 0.286. The quantitative estimate of drug-likeness (QED) is 0.577. The summed E-state index contributed by atoms with van der Waals surface area (Å²) >= 11 is 0. The molecule has 0 aromatic heterocycles. The predicted molar refractivity (Wildman–Crippen MR) is 106 cm³/mol. The van der Waals surface area contributed by atoms with Crippen molar-refractivity contribution in [3.63, 3.8) is 0 Å². The molecule has 0 aliphatic carbocycles. The predicted octanol–water partition coefficient (Wildman–Crippen LogP) is 2.12. The number of rotatable bonds is 9. The molecule has 2 amide bonds. The number of fused-ring (bicyclic) bond motifs is 1. The highest BCUT2D eigenvalue weighted by atomic mass is 19.1. The van der Waals surface area contributed by atoms with Crippen molar-refractivity contribution in [1.29, 1.82) is 0 Å². The summed E-state index contributed by atoms with van der Waals surface area (Å²) in [5.41, 5.74) is 7.47. The van der Waals surface area contributed by atoms with Gasteiger partial charge in [-0.2, -0.15) is 0 Å². The number of amides is 2. The van der Waals surface area contributed by atoms with Gasteiger partial charge in [-0.3, -0.25) is 14.4 Å². The van der Waals surface area contributed by atoms with Crippen LogP contribution in [0.2, 0.25) is 0 Å². The number of halogens is 1. The van der Waals surface area contributed by atoms with Crippen LogP contribution in [0.4, 0.5) is 10.1 Å². The van der Waals surface area contributed by atoms with Crippen LogP contribution in [-0.2, 0) is 22.7 Å². The third-order valence-electron chi connectivity index (χ3n) is 5.05. The lowest BCUT2D eigenvalue weighted by Crippen LogP contribution is -2.45. The molecule has 2 aromatic carbocycles. The second-order valence-corrected chi connectivity index (χ2v) is 6.93. The molecule has 1 aliphatic rings. The van der Waals surface area contributed by atoms with Gasteiger partial charge in [0.25, 0.3) is 5.91 Å². The third-order valence-corrected chi connectivity index (χ3v) is 5.05. The number of anilines is 1. The largest absolute Gasteiger partial charge is 0.497 e. The van der Waals surface area contributed by atoms with Crippen molar-refractivity contribution in [2.24, 2.45) is 5.73 Å². The summed E-state index contributed by atoms with van der Waals surface area (Å²) in [6, 6.07) is 8.46. The van der Waals surface area contributed by atoms with Gasteiger partial charge in [0.1, 0.15) is 17.6 Å². The van der Waals surface area contributed by atoms with E-state index in [1.165, 1.54) is 24.1 Å². The molecule has 0 radical (unpaired) electrons. The zero-order valence-electron chi connectivity index (χ0n) is 16.4. The number of carboxylic acids is 1. The van der Waals surface area contributed by atoms with Crippen LogP contribution in [0.15, 0.2) is 36.4 Å². The Morgan fingerprint density at radius 2 is 2.10 bits per heavy atom. The molecule has 0 unspecified atom stereocenters. The van der Waals surface area contributed by atoms with Crippen LogP contribution in [0.5, 0.6) is 5.75 Å². The summed E-state index contributed by atoms with van der Waals surface area (Å²) in [5, 5.41) is 12.0. The van der Waals surface area contributed by atoms with E-state index in [0.717, 1.165) is 0 Å². The van der Waals surface area contributed by atoms with E-state index in [4.69, 9.17) is 15.6 Å². The Morgan fingerprint density at radius 3 is 2.77 bits per heavy atom. The fourth-order valence-electron chi connectivity index (χ4n) is 3.49. The number of hydrogen-bond acceptors (Lipinski definition) is 5. The summed E-state index contributed by atoms with van der Waals surface area (Å²) in [6.45, 7) is 0.261. The van der Waals surface area contributed by atoms with Crippen molar-refractivity contribution in [3.8, 4) is 5.75 Å². The Labute approximate surface area is 172 Å². The maximum atomic E-state index is 14.1. The molecule has 4 N–H and O–H groups in total.